The molecule has 5 nitrogen and oxygen atoms in total. The molecule has 7 heteroatoms. The summed E-state index contributed by atoms with van der Waals surface area (Å²) in [6, 6.07) is 7.29. The van der Waals surface area contributed by atoms with Crippen molar-refractivity contribution in [3.63, 3.8) is 0 Å². The van der Waals surface area contributed by atoms with Gasteiger partial charge in [0.05, 0.1) is 12.0 Å². The molecular weight excluding hydrogens is 296 g/mol. The second-order valence-electron chi connectivity index (χ2n) is 3.96. The van der Waals surface area contributed by atoms with E-state index in [-0.39, 0.29) is 11.8 Å². The first kappa shape index (κ1) is 14.5. The number of carbonyl (C=O) groups is 2. The van der Waals surface area contributed by atoms with E-state index in [1.165, 1.54) is 6.92 Å². The molecule has 0 bridgehead atoms. The third kappa shape index (κ3) is 3.17. The number of ether oxygens (including phenoxy) is 1. The molecule has 104 valence electrons. The number of thiocarbonyl (C=S) groups is 1. The van der Waals surface area contributed by atoms with Gasteiger partial charge >= 0.3 is 0 Å². The van der Waals surface area contributed by atoms with Crippen LogP contribution in [0.15, 0.2) is 29.2 Å². The molecule has 20 heavy (non-hydrogen) atoms. The standard InChI is InChI=1S/C13H12N2O3S2/c1-8(16)14-15-12(17)11(20-13(15)19)7-9-3-5-10(18-2)6-4-9/h3-7H,1-2H3,(H,14,16)/b11-7-. The van der Waals surface area contributed by atoms with Crippen LogP contribution >= 0.6 is 24.0 Å². The second kappa shape index (κ2) is 6.06. The molecule has 0 radical (unpaired) electrons. The van der Waals surface area contributed by atoms with Crippen molar-refractivity contribution >= 4 is 46.2 Å². The van der Waals surface area contributed by atoms with Crippen LogP contribution in [0, 0.1) is 0 Å². The first-order chi connectivity index (χ1) is 9.51. The summed E-state index contributed by atoms with van der Waals surface area (Å²) in [6.07, 6.45) is 1.72. The molecule has 0 atom stereocenters. The number of methoxy groups -OCH3 is 1. The van der Waals surface area contributed by atoms with Crippen LogP contribution in [0.2, 0.25) is 0 Å². The lowest BCUT2D eigenvalue weighted by Gasteiger charge is -2.13. The number of thioether (sulfide) groups is 1. The summed E-state index contributed by atoms with van der Waals surface area (Å²) < 4.78 is 5.38. The Kier molecular flexibility index (Phi) is 4.41. The molecule has 2 amide bonds. The molecule has 0 unspecified atom stereocenters. The largest absolute Gasteiger partial charge is 0.497 e. The van der Waals surface area contributed by atoms with Crippen LogP contribution in [-0.2, 0) is 9.59 Å². The highest BCUT2D eigenvalue weighted by atomic mass is 32.2. The van der Waals surface area contributed by atoms with Gasteiger partial charge in [0.1, 0.15) is 5.75 Å². The first-order valence-corrected chi connectivity index (χ1v) is 6.93. The maximum absolute atomic E-state index is 12.1. The number of benzene rings is 1. The summed E-state index contributed by atoms with van der Waals surface area (Å²) in [5.41, 5.74) is 3.25. The SMILES string of the molecule is COc1ccc(/C=C2\SC(=S)N(NC(C)=O)C2=O)cc1. The Bertz CT molecular complexity index is 596. The van der Waals surface area contributed by atoms with Crippen molar-refractivity contribution in [2.75, 3.05) is 7.11 Å². The van der Waals surface area contributed by atoms with Gasteiger partial charge in [-0.15, -0.1) is 0 Å². The highest BCUT2D eigenvalue weighted by Crippen LogP contribution is 2.31. The van der Waals surface area contributed by atoms with Gasteiger partial charge in [0.25, 0.3) is 5.91 Å². The molecule has 1 heterocycles. The quantitative estimate of drug-likeness (QED) is 0.683. The molecule has 2 rings (SSSR count). The van der Waals surface area contributed by atoms with Crippen molar-refractivity contribution in [2.24, 2.45) is 0 Å². The van der Waals surface area contributed by atoms with Crippen LogP contribution in [0.1, 0.15) is 12.5 Å². The fraction of sp³-hybridized carbons (Fsp3) is 0.154. The number of hydrogen-bond donors (Lipinski definition) is 1. The number of rotatable bonds is 3. The monoisotopic (exact) mass is 308 g/mol. The van der Waals surface area contributed by atoms with Crippen molar-refractivity contribution in [1.82, 2.24) is 10.4 Å². The normalized spacial score (nSPS) is 16.7. The highest BCUT2D eigenvalue weighted by Gasteiger charge is 2.32. The van der Waals surface area contributed by atoms with E-state index in [1.807, 2.05) is 12.1 Å². The minimum absolute atomic E-state index is 0.310. The van der Waals surface area contributed by atoms with E-state index in [9.17, 15) is 9.59 Å². The van der Waals surface area contributed by atoms with Crippen molar-refractivity contribution in [3.8, 4) is 5.75 Å². The third-order valence-corrected chi connectivity index (χ3v) is 3.78. The van der Waals surface area contributed by atoms with Gasteiger partial charge in [0.15, 0.2) is 4.32 Å². The lowest BCUT2D eigenvalue weighted by Crippen LogP contribution is -2.43. The molecule has 0 aromatic heterocycles. The van der Waals surface area contributed by atoms with Crippen LogP contribution in [0.25, 0.3) is 6.08 Å². The van der Waals surface area contributed by atoms with E-state index in [0.717, 1.165) is 28.1 Å². The molecule has 1 aliphatic rings. The number of hydrazine groups is 1. The van der Waals surface area contributed by atoms with E-state index in [4.69, 9.17) is 17.0 Å². The maximum Gasteiger partial charge on any atom is 0.285 e. The van der Waals surface area contributed by atoms with Crippen molar-refractivity contribution in [1.29, 1.82) is 0 Å². The number of carbonyl (C=O) groups excluding carboxylic acids is 2. The van der Waals surface area contributed by atoms with E-state index < -0.39 is 0 Å². The zero-order valence-electron chi connectivity index (χ0n) is 10.9. The van der Waals surface area contributed by atoms with E-state index in [0.29, 0.717) is 9.23 Å². The lowest BCUT2D eigenvalue weighted by molar-refractivity contribution is -0.131. The molecule has 0 spiro atoms. The fourth-order valence-corrected chi connectivity index (χ4v) is 2.75. The topological polar surface area (TPSA) is 58.6 Å². The molecule has 0 aliphatic carbocycles. The van der Waals surface area contributed by atoms with E-state index in [2.05, 4.69) is 5.43 Å². The second-order valence-corrected chi connectivity index (χ2v) is 5.63. The van der Waals surface area contributed by atoms with Gasteiger partial charge in [-0.2, -0.15) is 5.01 Å². The highest BCUT2D eigenvalue weighted by molar-refractivity contribution is 8.26. The molecule has 1 aromatic carbocycles. The average molecular weight is 308 g/mol. The summed E-state index contributed by atoms with van der Waals surface area (Å²) >= 11 is 6.21. The van der Waals surface area contributed by atoms with Gasteiger partial charge in [0, 0.05) is 6.92 Å². The van der Waals surface area contributed by atoms with E-state index in [1.54, 1.807) is 25.3 Å². The van der Waals surface area contributed by atoms with Gasteiger partial charge in [-0.1, -0.05) is 23.9 Å². The molecule has 0 saturated carbocycles. The van der Waals surface area contributed by atoms with E-state index >= 15 is 0 Å². The Morgan fingerprint density at radius 3 is 2.60 bits per heavy atom. The average Bonchev–Trinajstić information content (AvgIpc) is 2.67. The number of nitrogens with one attached hydrogen (secondary N) is 1. The fourth-order valence-electron chi connectivity index (χ4n) is 1.57. The molecule has 1 N–H and O–H groups in total. The van der Waals surface area contributed by atoms with Gasteiger partial charge in [-0.05, 0) is 36.0 Å². The van der Waals surface area contributed by atoms with Crippen molar-refractivity contribution < 1.29 is 14.3 Å². The summed E-state index contributed by atoms with van der Waals surface area (Å²) in [7, 11) is 1.59. The van der Waals surface area contributed by atoms with Gasteiger partial charge < -0.3 is 4.74 Å². The summed E-state index contributed by atoms with van der Waals surface area (Å²) in [4.78, 5) is 23.6. The van der Waals surface area contributed by atoms with Crippen LogP contribution in [0.4, 0.5) is 0 Å². The van der Waals surface area contributed by atoms with Gasteiger partial charge in [-0.3, -0.25) is 15.0 Å². The van der Waals surface area contributed by atoms with Crippen LogP contribution in [0.5, 0.6) is 5.75 Å². The molecule has 1 fully saturated rings. The molecular formula is C13H12N2O3S2. The summed E-state index contributed by atoms with van der Waals surface area (Å²) in [6.45, 7) is 1.33. The van der Waals surface area contributed by atoms with Crippen LogP contribution in [0.3, 0.4) is 0 Å². The zero-order chi connectivity index (χ0) is 14.7. The zero-order valence-corrected chi connectivity index (χ0v) is 12.5. The number of hydrogen-bond acceptors (Lipinski definition) is 5. The van der Waals surface area contributed by atoms with Crippen LogP contribution < -0.4 is 10.2 Å². The molecule has 1 saturated heterocycles. The molecule has 1 aliphatic heterocycles. The Balaban J connectivity index is 2.20. The number of nitrogens with zero attached hydrogens (tertiary/aromatic N) is 1. The number of amides is 2. The summed E-state index contributed by atoms with van der Waals surface area (Å²) in [5, 5.41) is 1.08. The maximum atomic E-state index is 12.1. The smallest absolute Gasteiger partial charge is 0.285 e. The Morgan fingerprint density at radius 1 is 1.40 bits per heavy atom. The minimum Gasteiger partial charge on any atom is -0.497 e. The Hall–Kier alpha value is -1.86. The van der Waals surface area contributed by atoms with Gasteiger partial charge in [-0.25, -0.2) is 0 Å². The third-order valence-electron chi connectivity index (χ3n) is 2.48. The predicted octanol–water partition coefficient (Wildman–Crippen LogP) is 1.95. The first-order valence-electron chi connectivity index (χ1n) is 5.70. The minimum atomic E-state index is -0.341. The van der Waals surface area contributed by atoms with Crippen molar-refractivity contribution in [2.45, 2.75) is 6.92 Å². The van der Waals surface area contributed by atoms with Crippen molar-refractivity contribution in [3.05, 3.63) is 34.7 Å². The lowest BCUT2D eigenvalue weighted by atomic mass is 10.2. The Labute approximate surface area is 125 Å². The summed E-state index contributed by atoms with van der Waals surface area (Å²) in [5.74, 6) is 0.0750. The Morgan fingerprint density at radius 2 is 2.05 bits per heavy atom. The van der Waals surface area contributed by atoms with Gasteiger partial charge in [0.2, 0.25) is 5.91 Å². The van der Waals surface area contributed by atoms with Crippen LogP contribution in [-0.4, -0.2) is 28.3 Å². The molecule has 1 aromatic rings. The predicted molar refractivity (Wildman–Crippen MR) is 81.8 cm³/mol.